The van der Waals surface area contributed by atoms with Gasteiger partial charge in [-0.05, 0) is 43.4 Å². The van der Waals surface area contributed by atoms with E-state index in [9.17, 15) is 14.7 Å². The molecule has 0 unspecified atom stereocenters. The third-order valence-electron chi connectivity index (χ3n) is 5.23. The SMILES string of the molecule is CC(=O)OCCC(=O)[C@@H]1[C@H]2CCC(C)(C)C[C@@H]2C=C[C@@]1(C)O. The minimum Gasteiger partial charge on any atom is -0.465 e. The van der Waals surface area contributed by atoms with Crippen molar-refractivity contribution in [1.29, 1.82) is 0 Å². The van der Waals surface area contributed by atoms with E-state index in [1.165, 1.54) is 6.92 Å². The van der Waals surface area contributed by atoms with E-state index in [-0.39, 0.29) is 30.7 Å². The summed E-state index contributed by atoms with van der Waals surface area (Å²) in [6.07, 6.45) is 7.16. The van der Waals surface area contributed by atoms with Crippen LogP contribution in [0.25, 0.3) is 0 Å². The molecule has 0 spiro atoms. The number of ether oxygens (including phenoxy) is 1. The van der Waals surface area contributed by atoms with Crippen LogP contribution >= 0.6 is 0 Å². The maximum atomic E-state index is 12.6. The molecule has 1 N–H and O–H groups in total. The molecule has 124 valence electrons. The largest absolute Gasteiger partial charge is 0.465 e. The number of fused-ring (bicyclic) bond motifs is 1. The summed E-state index contributed by atoms with van der Waals surface area (Å²) in [5, 5.41) is 10.7. The maximum Gasteiger partial charge on any atom is 0.302 e. The van der Waals surface area contributed by atoms with Crippen LogP contribution in [-0.2, 0) is 14.3 Å². The van der Waals surface area contributed by atoms with Crippen molar-refractivity contribution < 1.29 is 19.4 Å². The Balaban J connectivity index is 2.12. The molecule has 0 bridgehead atoms. The fourth-order valence-electron chi connectivity index (χ4n) is 4.16. The third kappa shape index (κ3) is 3.78. The van der Waals surface area contributed by atoms with Crippen molar-refractivity contribution in [2.45, 2.75) is 59.0 Å². The molecule has 4 nitrogen and oxygen atoms in total. The Morgan fingerprint density at radius 2 is 2.00 bits per heavy atom. The normalized spacial score (nSPS) is 36.5. The van der Waals surface area contributed by atoms with Crippen LogP contribution in [0.1, 0.15) is 53.4 Å². The van der Waals surface area contributed by atoms with Crippen molar-refractivity contribution in [2.24, 2.45) is 23.2 Å². The zero-order chi connectivity index (χ0) is 16.5. The van der Waals surface area contributed by atoms with Gasteiger partial charge in [-0.1, -0.05) is 26.0 Å². The van der Waals surface area contributed by atoms with E-state index in [0.717, 1.165) is 19.3 Å². The highest BCUT2D eigenvalue weighted by Gasteiger charge is 2.49. The van der Waals surface area contributed by atoms with Crippen molar-refractivity contribution in [3.05, 3.63) is 12.2 Å². The number of rotatable bonds is 4. The van der Waals surface area contributed by atoms with Crippen molar-refractivity contribution in [1.82, 2.24) is 0 Å². The van der Waals surface area contributed by atoms with Gasteiger partial charge in [0.05, 0.1) is 18.1 Å². The summed E-state index contributed by atoms with van der Waals surface area (Å²) in [6, 6.07) is 0. The molecule has 0 aromatic heterocycles. The number of esters is 1. The monoisotopic (exact) mass is 308 g/mol. The first-order valence-corrected chi connectivity index (χ1v) is 8.20. The van der Waals surface area contributed by atoms with Gasteiger partial charge >= 0.3 is 5.97 Å². The molecule has 0 aromatic rings. The van der Waals surface area contributed by atoms with Gasteiger partial charge in [-0.15, -0.1) is 0 Å². The van der Waals surface area contributed by atoms with Crippen molar-refractivity contribution in [3.63, 3.8) is 0 Å². The number of Topliss-reactive ketones (excluding diaryl/α,β-unsaturated/α-hetero) is 1. The van der Waals surface area contributed by atoms with E-state index in [1.54, 1.807) is 13.0 Å². The van der Waals surface area contributed by atoms with E-state index in [2.05, 4.69) is 19.9 Å². The highest BCUT2D eigenvalue weighted by atomic mass is 16.5. The third-order valence-corrected chi connectivity index (χ3v) is 5.23. The van der Waals surface area contributed by atoms with E-state index >= 15 is 0 Å². The quantitative estimate of drug-likeness (QED) is 0.641. The van der Waals surface area contributed by atoms with Crippen LogP contribution < -0.4 is 0 Å². The molecule has 0 radical (unpaired) electrons. The first-order valence-electron chi connectivity index (χ1n) is 8.20. The number of allylic oxidation sites excluding steroid dienone is 1. The molecule has 0 amide bonds. The van der Waals surface area contributed by atoms with Crippen molar-refractivity contribution in [2.75, 3.05) is 6.61 Å². The first kappa shape index (κ1) is 17.2. The number of carbonyl (C=O) groups excluding carboxylic acids is 2. The molecule has 0 saturated heterocycles. The minimum atomic E-state index is -1.10. The summed E-state index contributed by atoms with van der Waals surface area (Å²) in [7, 11) is 0. The second-order valence-electron chi connectivity index (χ2n) is 7.85. The van der Waals surface area contributed by atoms with Crippen molar-refractivity contribution >= 4 is 11.8 Å². The van der Waals surface area contributed by atoms with Crippen LogP contribution in [0.4, 0.5) is 0 Å². The van der Waals surface area contributed by atoms with Gasteiger partial charge in [-0.25, -0.2) is 0 Å². The Kier molecular flexibility index (Phi) is 4.81. The lowest BCUT2D eigenvalue weighted by atomic mass is 9.57. The van der Waals surface area contributed by atoms with Gasteiger partial charge in [0.15, 0.2) is 0 Å². The lowest BCUT2D eigenvalue weighted by Crippen LogP contribution is -2.50. The molecule has 4 heteroatoms. The smallest absolute Gasteiger partial charge is 0.302 e. The van der Waals surface area contributed by atoms with Crippen LogP contribution in [0.5, 0.6) is 0 Å². The average molecular weight is 308 g/mol. The van der Waals surface area contributed by atoms with Gasteiger partial charge in [-0.3, -0.25) is 9.59 Å². The summed E-state index contributed by atoms with van der Waals surface area (Å²) in [5.41, 5.74) is -0.810. The predicted molar refractivity (Wildman–Crippen MR) is 84.1 cm³/mol. The predicted octanol–water partition coefficient (Wildman–Crippen LogP) is 2.89. The van der Waals surface area contributed by atoms with Gasteiger partial charge in [0, 0.05) is 13.3 Å². The second kappa shape index (κ2) is 6.15. The molecule has 0 aromatic carbocycles. The van der Waals surface area contributed by atoms with E-state index in [1.807, 2.05) is 0 Å². The molecule has 2 aliphatic rings. The summed E-state index contributed by atoms with van der Waals surface area (Å²) in [6.45, 7) is 7.69. The molecular weight excluding hydrogens is 280 g/mol. The van der Waals surface area contributed by atoms with E-state index < -0.39 is 11.5 Å². The molecule has 1 saturated carbocycles. The Labute approximate surface area is 132 Å². The Morgan fingerprint density at radius 1 is 1.32 bits per heavy atom. The van der Waals surface area contributed by atoms with Gasteiger partial charge in [0.2, 0.25) is 0 Å². The zero-order valence-corrected chi connectivity index (χ0v) is 14.1. The highest BCUT2D eigenvalue weighted by Crippen LogP contribution is 2.50. The van der Waals surface area contributed by atoms with Gasteiger partial charge in [0.1, 0.15) is 5.78 Å². The fraction of sp³-hybridized carbons (Fsp3) is 0.778. The maximum absolute atomic E-state index is 12.6. The van der Waals surface area contributed by atoms with Crippen LogP contribution in [0.15, 0.2) is 12.2 Å². The second-order valence-corrected chi connectivity index (χ2v) is 7.85. The van der Waals surface area contributed by atoms with E-state index in [4.69, 9.17) is 4.74 Å². The minimum absolute atomic E-state index is 0.00491. The highest BCUT2D eigenvalue weighted by molar-refractivity contribution is 5.83. The number of aliphatic hydroxyl groups is 1. The van der Waals surface area contributed by atoms with Crippen LogP contribution in [0, 0.1) is 23.2 Å². The molecular formula is C18H28O4. The van der Waals surface area contributed by atoms with Crippen LogP contribution in [0.2, 0.25) is 0 Å². The lowest BCUT2D eigenvalue weighted by molar-refractivity contribution is -0.143. The Morgan fingerprint density at radius 3 is 2.64 bits per heavy atom. The van der Waals surface area contributed by atoms with Gasteiger partial charge < -0.3 is 9.84 Å². The first-order chi connectivity index (χ1) is 10.1. The summed E-state index contributed by atoms with van der Waals surface area (Å²) >= 11 is 0. The molecule has 22 heavy (non-hydrogen) atoms. The number of hydrogen-bond acceptors (Lipinski definition) is 4. The summed E-state index contributed by atoms with van der Waals surface area (Å²) < 4.78 is 4.88. The Hall–Kier alpha value is -1.16. The average Bonchev–Trinajstić information content (AvgIpc) is 2.37. The number of carbonyl (C=O) groups is 2. The molecule has 0 aliphatic heterocycles. The van der Waals surface area contributed by atoms with Gasteiger partial charge in [-0.2, -0.15) is 0 Å². The topological polar surface area (TPSA) is 63.6 Å². The van der Waals surface area contributed by atoms with Crippen molar-refractivity contribution in [3.8, 4) is 0 Å². The molecule has 0 heterocycles. The van der Waals surface area contributed by atoms with Crippen LogP contribution in [-0.4, -0.2) is 29.1 Å². The van der Waals surface area contributed by atoms with E-state index in [0.29, 0.717) is 11.3 Å². The number of ketones is 1. The molecule has 4 atom stereocenters. The molecule has 2 rings (SSSR count). The Bertz CT molecular complexity index is 475. The fourth-order valence-corrected chi connectivity index (χ4v) is 4.16. The van der Waals surface area contributed by atoms with Crippen LogP contribution in [0.3, 0.4) is 0 Å². The summed E-state index contributed by atoms with van der Waals surface area (Å²) in [5.74, 6) is -0.218. The van der Waals surface area contributed by atoms with Gasteiger partial charge in [0.25, 0.3) is 0 Å². The zero-order valence-electron chi connectivity index (χ0n) is 14.1. The number of hydrogen-bond donors (Lipinski definition) is 1. The molecule has 1 fully saturated rings. The standard InChI is InChI=1S/C18H28O4/c1-12(19)22-10-7-15(20)16-14-6-8-17(2,3)11-13(14)5-9-18(16,4)21/h5,9,13-14,16,21H,6-8,10-11H2,1-4H3/t13-,14-,16-,18+/m0/s1. The lowest BCUT2D eigenvalue weighted by Gasteiger charge is -2.48. The molecule has 2 aliphatic carbocycles. The summed E-state index contributed by atoms with van der Waals surface area (Å²) in [4.78, 5) is 23.5.